The molecule has 0 amide bonds. The van der Waals surface area contributed by atoms with Gasteiger partial charge in [-0.1, -0.05) is 27.7 Å². The van der Waals surface area contributed by atoms with E-state index in [-0.39, 0.29) is 0 Å². The molecule has 2 saturated carbocycles. The van der Waals surface area contributed by atoms with Crippen molar-refractivity contribution >= 4 is 0 Å². The largest absolute Gasteiger partial charge is 0.377 e. The molecule has 0 radical (unpaired) electrons. The first-order valence-corrected chi connectivity index (χ1v) is 8.79. The summed E-state index contributed by atoms with van der Waals surface area (Å²) in [5.41, 5.74) is 0.468. The zero-order valence-electron chi connectivity index (χ0n) is 14.1. The van der Waals surface area contributed by atoms with Crippen LogP contribution >= 0.6 is 0 Å². The summed E-state index contributed by atoms with van der Waals surface area (Å²) in [6.45, 7) is 11.5. The van der Waals surface area contributed by atoms with Crippen LogP contribution in [0.2, 0.25) is 0 Å². The minimum absolute atomic E-state index is 0.468. The molecular formula is C18H35NO. The van der Waals surface area contributed by atoms with E-state index in [0.29, 0.717) is 11.5 Å². The molecule has 0 aromatic carbocycles. The number of ether oxygens (including phenoxy) is 1. The Morgan fingerprint density at radius 2 is 1.70 bits per heavy atom. The van der Waals surface area contributed by atoms with E-state index in [1.54, 1.807) is 0 Å². The second-order valence-electron chi connectivity index (χ2n) is 8.32. The van der Waals surface area contributed by atoms with E-state index < -0.39 is 0 Å². The normalized spacial score (nSPS) is 37.8. The van der Waals surface area contributed by atoms with Crippen molar-refractivity contribution in [3.05, 3.63) is 0 Å². The molecule has 2 atom stereocenters. The van der Waals surface area contributed by atoms with Gasteiger partial charge in [-0.2, -0.15) is 0 Å². The van der Waals surface area contributed by atoms with Gasteiger partial charge in [0, 0.05) is 12.6 Å². The van der Waals surface area contributed by atoms with Crippen molar-refractivity contribution in [2.24, 2.45) is 17.3 Å². The molecule has 0 spiro atoms. The number of hydrogen-bond acceptors (Lipinski definition) is 2. The molecule has 2 unspecified atom stereocenters. The van der Waals surface area contributed by atoms with Crippen molar-refractivity contribution in [2.45, 2.75) is 84.8 Å². The number of rotatable bonds is 5. The summed E-state index contributed by atoms with van der Waals surface area (Å²) >= 11 is 0. The molecule has 2 heteroatoms. The topological polar surface area (TPSA) is 21.3 Å². The Kier molecular flexibility index (Phi) is 5.92. The van der Waals surface area contributed by atoms with E-state index in [0.717, 1.165) is 31.0 Å². The fourth-order valence-electron chi connectivity index (χ4n) is 4.34. The molecule has 118 valence electrons. The summed E-state index contributed by atoms with van der Waals surface area (Å²) < 4.78 is 6.14. The highest BCUT2D eigenvalue weighted by Crippen LogP contribution is 2.39. The average molecular weight is 281 g/mol. The van der Waals surface area contributed by atoms with Crippen LogP contribution in [-0.4, -0.2) is 25.3 Å². The zero-order chi connectivity index (χ0) is 14.6. The van der Waals surface area contributed by atoms with Gasteiger partial charge in [-0.25, -0.2) is 0 Å². The van der Waals surface area contributed by atoms with E-state index in [9.17, 15) is 0 Å². The van der Waals surface area contributed by atoms with E-state index in [2.05, 4.69) is 33.0 Å². The summed E-state index contributed by atoms with van der Waals surface area (Å²) in [4.78, 5) is 0. The van der Waals surface area contributed by atoms with Gasteiger partial charge in [-0.15, -0.1) is 0 Å². The first-order valence-electron chi connectivity index (χ1n) is 8.79. The number of nitrogens with one attached hydrogen (secondary N) is 1. The molecule has 2 aliphatic carbocycles. The Morgan fingerprint density at radius 3 is 2.35 bits per heavy atom. The lowest BCUT2D eigenvalue weighted by Gasteiger charge is -2.38. The summed E-state index contributed by atoms with van der Waals surface area (Å²) in [5, 5.41) is 3.69. The third kappa shape index (κ3) is 5.37. The van der Waals surface area contributed by atoms with E-state index in [1.807, 2.05) is 0 Å². The molecule has 0 bridgehead atoms. The van der Waals surface area contributed by atoms with Crippen molar-refractivity contribution in [2.75, 3.05) is 13.2 Å². The Balaban J connectivity index is 1.59. The molecule has 0 aromatic rings. The quantitative estimate of drug-likeness (QED) is 0.755. The summed E-state index contributed by atoms with van der Waals surface area (Å²) in [6.07, 6.45) is 9.83. The smallest absolute Gasteiger partial charge is 0.0594 e. The Hall–Kier alpha value is -0.0800. The number of hydrogen-bond donors (Lipinski definition) is 1. The summed E-state index contributed by atoms with van der Waals surface area (Å²) in [7, 11) is 0. The van der Waals surface area contributed by atoms with Crippen LogP contribution in [0.1, 0.15) is 72.6 Å². The van der Waals surface area contributed by atoms with Gasteiger partial charge in [0.15, 0.2) is 0 Å². The Morgan fingerprint density at radius 1 is 1.00 bits per heavy atom. The van der Waals surface area contributed by atoms with Crippen LogP contribution in [0.4, 0.5) is 0 Å². The minimum atomic E-state index is 0.468. The maximum absolute atomic E-state index is 6.14. The highest BCUT2D eigenvalue weighted by atomic mass is 16.5. The lowest BCUT2D eigenvalue weighted by molar-refractivity contribution is -0.0221. The van der Waals surface area contributed by atoms with Gasteiger partial charge in [0.05, 0.1) is 12.7 Å². The van der Waals surface area contributed by atoms with Crippen LogP contribution < -0.4 is 5.32 Å². The monoisotopic (exact) mass is 281 g/mol. The maximum Gasteiger partial charge on any atom is 0.0594 e. The first-order chi connectivity index (χ1) is 9.44. The van der Waals surface area contributed by atoms with Gasteiger partial charge in [0.1, 0.15) is 0 Å². The van der Waals surface area contributed by atoms with Crippen LogP contribution in [-0.2, 0) is 4.74 Å². The predicted molar refractivity (Wildman–Crippen MR) is 86.0 cm³/mol. The highest BCUT2D eigenvalue weighted by molar-refractivity contribution is 4.83. The molecule has 2 rings (SSSR count). The van der Waals surface area contributed by atoms with Gasteiger partial charge in [-0.05, 0) is 62.2 Å². The fraction of sp³-hybridized carbons (Fsp3) is 1.00. The average Bonchev–Trinajstić information content (AvgIpc) is 2.34. The van der Waals surface area contributed by atoms with Crippen molar-refractivity contribution in [1.29, 1.82) is 0 Å². The molecule has 0 aromatic heterocycles. The molecule has 2 nitrogen and oxygen atoms in total. The SMILES string of the molecule is CC1CCC(NCCOC2CC(C)CC(C)(C)C2)CC1. The van der Waals surface area contributed by atoms with Gasteiger partial charge in [-0.3, -0.25) is 0 Å². The van der Waals surface area contributed by atoms with Crippen molar-refractivity contribution in [1.82, 2.24) is 5.32 Å². The second kappa shape index (κ2) is 7.26. The van der Waals surface area contributed by atoms with E-state index in [1.165, 1.54) is 44.9 Å². The second-order valence-corrected chi connectivity index (χ2v) is 8.32. The Labute approximate surface area is 126 Å². The zero-order valence-corrected chi connectivity index (χ0v) is 14.1. The Bertz CT molecular complexity index is 281. The molecule has 2 aliphatic rings. The third-order valence-electron chi connectivity index (χ3n) is 5.25. The van der Waals surface area contributed by atoms with E-state index >= 15 is 0 Å². The van der Waals surface area contributed by atoms with Crippen molar-refractivity contribution < 1.29 is 4.74 Å². The molecule has 0 aliphatic heterocycles. The summed E-state index contributed by atoms with van der Waals surface area (Å²) in [5.74, 6) is 1.76. The molecule has 2 fully saturated rings. The lowest BCUT2D eigenvalue weighted by Crippen LogP contribution is -2.37. The van der Waals surface area contributed by atoms with Crippen molar-refractivity contribution in [3.8, 4) is 0 Å². The van der Waals surface area contributed by atoms with Crippen molar-refractivity contribution in [3.63, 3.8) is 0 Å². The lowest BCUT2D eigenvalue weighted by atomic mass is 9.71. The maximum atomic E-state index is 6.14. The van der Waals surface area contributed by atoms with Crippen LogP contribution in [0.3, 0.4) is 0 Å². The molecule has 20 heavy (non-hydrogen) atoms. The van der Waals surface area contributed by atoms with Gasteiger partial charge < -0.3 is 10.1 Å². The molecule has 0 heterocycles. The minimum Gasteiger partial charge on any atom is -0.377 e. The standard InChI is InChI=1S/C18H35NO/c1-14-5-7-16(8-6-14)19-9-10-20-17-11-15(2)12-18(3,4)13-17/h14-17,19H,5-13H2,1-4H3. The molecule has 0 saturated heterocycles. The van der Waals surface area contributed by atoms with Crippen LogP contribution in [0.25, 0.3) is 0 Å². The van der Waals surface area contributed by atoms with Gasteiger partial charge in [0.25, 0.3) is 0 Å². The fourth-order valence-corrected chi connectivity index (χ4v) is 4.34. The highest BCUT2D eigenvalue weighted by Gasteiger charge is 2.32. The predicted octanol–water partition coefficient (Wildman–Crippen LogP) is 4.39. The van der Waals surface area contributed by atoms with E-state index in [4.69, 9.17) is 4.74 Å². The first kappa shape index (κ1) is 16.3. The molecule has 1 N–H and O–H groups in total. The molecular weight excluding hydrogens is 246 g/mol. The van der Waals surface area contributed by atoms with Gasteiger partial charge in [0.2, 0.25) is 0 Å². The summed E-state index contributed by atoms with van der Waals surface area (Å²) in [6, 6.07) is 0.747. The van der Waals surface area contributed by atoms with Crippen LogP contribution in [0.15, 0.2) is 0 Å². The third-order valence-corrected chi connectivity index (χ3v) is 5.25. The van der Waals surface area contributed by atoms with Gasteiger partial charge >= 0.3 is 0 Å². The van der Waals surface area contributed by atoms with Crippen LogP contribution in [0.5, 0.6) is 0 Å². The van der Waals surface area contributed by atoms with Crippen LogP contribution in [0, 0.1) is 17.3 Å².